The first-order valence-electron chi connectivity index (χ1n) is 16.5. The first-order valence-corrected chi connectivity index (χ1v) is 20.8. The summed E-state index contributed by atoms with van der Waals surface area (Å²) < 4.78 is 2.96. The third-order valence-corrected chi connectivity index (χ3v) is 22.6. The minimum Gasteiger partial charge on any atom is -0.331 e. The molecule has 0 spiro atoms. The second-order valence-corrected chi connectivity index (χ2v) is 20.9. The lowest BCUT2D eigenvalue weighted by Crippen LogP contribution is -2.78. The molecule has 0 aliphatic carbocycles. The van der Waals surface area contributed by atoms with Gasteiger partial charge in [-0.1, -0.05) is 146 Å². The van der Waals surface area contributed by atoms with Crippen molar-refractivity contribution < 1.29 is 9.59 Å². The summed E-state index contributed by atoms with van der Waals surface area (Å²) >= 11 is 0. The molecule has 2 aliphatic rings. The van der Waals surface area contributed by atoms with Crippen molar-refractivity contribution in [2.24, 2.45) is 0 Å². The summed E-state index contributed by atoms with van der Waals surface area (Å²) in [5.74, 6) is -0.380. The Balaban J connectivity index is 1.25. The molecule has 2 aliphatic heterocycles. The van der Waals surface area contributed by atoms with Crippen LogP contribution < -0.4 is 20.7 Å². The van der Waals surface area contributed by atoms with Crippen LogP contribution in [-0.4, -0.2) is 50.5 Å². The number of hydrogen-bond acceptors (Lipinski definition) is 3. The number of hydrogen-bond donors (Lipinski definition) is 0. The summed E-state index contributed by atoms with van der Waals surface area (Å²) in [6.45, 7) is 1.16. The van der Waals surface area contributed by atoms with Crippen LogP contribution in [0.25, 0.3) is 10.8 Å². The van der Waals surface area contributed by atoms with E-state index in [4.69, 9.17) is 0 Å². The Kier molecular flexibility index (Phi) is 7.56. The highest BCUT2D eigenvalue weighted by Crippen LogP contribution is 2.38. The summed E-state index contributed by atoms with van der Waals surface area (Å²) in [4.78, 5) is 29.3. The fourth-order valence-corrected chi connectivity index (χ4v) is 23.8. The van der Waals surface area contributed by atoms with Gasteiger partial charge in [-0.25, -0.2) is 0 Å². The number of imide groups is 1. The van der Waals surface area contributed by atoms with Gasteiger partial charge in [-0.15, -0.1) is 0 Å². The van der Waals surface area contributed by atoms with Crippen molar-refractivity contribution in [1.29, 1.82) is 0 Å². The van der Waals surface area contributed by atoms with Gasteiger partial charge in [0, 0.05) is 23.1 Å². The second-order valence-electron chi connectivity index (χ2n) is 12.7. The van der Waals surface area contributed by atoms with Crippen molar-refractivity contribution in [3.63, 3.8) is 0 Å². The predicted molar refractivity (Wildman–Crippen MR) is 196 cm³/mol. The Morgan fingerprint density at radius 1 is 0.447 bits per heavy atom. The zero-order valence-corrected chi connectivity index (χ0v) is 28.3. The molecule has 0 bridgehead atoms. The highest BCUT2D eigenvalue weighted by molar-refractivity contribution is 7.17. The van der Waals surface area contributed by atoms with E-state index in [1.165, 1.54) is 25.6 Å². The molecule has 6 aromatic rings. The number of carbonyl (C=O) groups excluding carboxylic acids is 2. The maximum Gasteiger partial charge on any atom is 0.261 e. The summed E-state index contributed by atoms with van der Waals surface area (Å²) in [5, 5.41) is 7.37. The Labute approximate surface area is 278 Å². The maximum atomic E-state index is 13.9. The lowest BCUT2D eigenvalue weighted by atomic mass is 9.94. The Morgan fingerprint density at radius 3 is 1.21 bits per heavy atom. The first-order chi connectivity index (χ1) is 23.1. The van der Waals surface area contributed by atoms with Crippen LogP contribution in [0.4, 0.5) is 0 Å². The molecule has 1 fully saturated rings. The van der Waals surface area contributed by atoms with Gasteiger partial charge in [0.2, 0.25) is 0 Å². The predicted octanol–water partition coefficient (Wildman–Crippen LogP) is 5.66. The van der Waals surface area contributed by atoms with Crippen LogP contribution in [0.2, 0.25) is 12.1 Å². The first kappa shape index (κ1) is 29.5. The lowest BCUT2D eigenvalue weighted by Gasteiger charge is -2.47. The SMILES string of the molecule is O=C1c2cccc3cccc(c23)C(=O)N1CCCN1[Si](c2ccccc2)(c2ccccc2)CC[Si]1(c1ccccc1)c1ccccc1. The normalized spacial score (nSPS) is 16.9. The minimum atomic E-state index is -2.53. The molecule has 0 unspecified atom stereocenters. The zero-order chi connectivity index (χ0) is 31.8. The van der Waals surface area contributed by atoms with E-state index in [2.05, 4.69) is 126 Å². The molecule has 2 amide bonds. The number of rotatable bonds is 8. The van der Waals surface area contributed by atoms with E-state index in [0.29, 0.717) is 24.1 Å². The van der Waals surface area contributed by atoms with E-state index in [-0.39, 0.29) is 11.8 Å². The van der Waals surface area contributed by atoms with Crippen molar-refractivity contribution in [1.82, 2.24) is 9.13 Å². The van der Waals surface area contributed by atoms with Gasteiger partial charge < -0.3 is 4.23 Å². The number of benzene rings is 6. The van der Waals surface area contributed by atoms with Crippen molar-refractivity contribution in [3.05, 3.63) is 169 Å². The zero-order valence-electron chi connectivity index (χ0n) is 26.3. The van der Waals surface area contributed by atoms with E-state index < -0.39 is 16.5 Å². The second kappa shape index (κ2) is 12.0. The standard InChI is InChI=1S/C41H36N2O2Si2/c44-40-37-26-13-16-32-17-14-27-38(39(32)37)41(45)42(40)28-15-29-43-46(33-18-5-1-6-19-33,34-20-7-2-8-21-34)30-31-47(43,35-22-9-3-10-23-35)36-24-11-4-12-25-36/h1-14,16-27H,15,28-31H2. The average Bonchev–Trinajstić information content (AvgIpc) is 3.50. The fourth-order valence-electron chi connectivity index (χ4n) is 8.40. The third-order valence-electron chi connectivity index (χ3n) is 10.4. The molecule has 6 aromatic carbocycles. The van der Waals surface area contributed by atoms with Crippen molar-refractivity contribution in [2.75, 3.05) is 13.1 Å². The topological polar surface area (TPSA) is 40.6 Å². The molecule has 0 atom stereocenters. The molecule has 2 heterocycles. The molecule has 47 heavy (non-hydrogen) atoms. The van der Waals surface area contributed by atoms with Gasteiger partial charge in [0.05, 0.1) is 0 Å². The monoisotopic (exact) mass is 644 g/mol. The molecular formula is C41H36N2O2Si2. The molecule has 0 N–H and O–H groups in total. The number of carbonyl (C=O) groups is 2. The van der Waals surface area contributed by atoms with Crippen molar-refractivity contribution in [2.45, 2.75) is 18.5 Å². The van der Waals surface area contributed by atoms with Crippen LogP contribution in [0.15, 0.2) is 158 Å². The van der Waals surface area contributed by atoms with E-state index in [1.54, 1.807) is 0 Å². The molecule has 0 radical (unpaired) electrons. The van der Waals surface area contributed by atoms with E-state index in [0.717, 1.165) is 29.4 Å². The van der Waals surface area contributed by atoms with Crippen LogP contribution in [-0.2, 0) is 0 Å². The van der Waals surface area contributed by atoms with E-state index >= 15 is 0 Å². The number of amides is 2. The van der Waals surface area contributed by atoms with Gasteiger partial charge in [-0.05, 0) is 63.3 Å². The molecule has 4 nitrogen and oxygen atoms in total. The van der Waals surface area contributed by atoms with E-state index in [9.17, 15) is 9.59 Å². The smallest absolute Gasteiger partial charge is 0.261 e. The molecule has 0 saturated carbocycles. The minimum absolute atomic E-state index is 0.190. The van der Waals surface area contributed by atoms with Crippen LogP contribution >= 0.6 is 0 Å². The maximum absolute atomic E-state index is 13.9. The quantitative estimate of drug-likeness (QED) is 0.159. The van der Waals surface area contributed by atoms with Gasteiger partial charge >= 0.3 is 0 Å². The van der Waals surface area contributed by atoms with Crippen molar-refractivity contribution >= 4 is 59.8 Å². The molecule has 6 heteroatoms. The highest BCUT2D eigenvalue weighted by Gasteiger charge is 2.60. The average molecular weight is 645 g/mol. The summed E-state index contributed by atoms with van der Waals surface area (Å²) in [7, 11) is -5.05. The van der Waals surface area contributed by atoms with Gasteiger partial charge in [0.1, 0.15) is 0 Å². The van der Waals surface area contributed by atoms with Gasteiger partial charge in [-0.2, -0.15) is 0 Å². The van der Waals surface area contributed by atoms with Crippen LogP contribution in [0.1, 0.15) is 27.1 Å². The largest absolute Gasteiger partial charge is 0.331 e. The van der Waals surface area contributed by atoms with Crippen LogP contribution in [0.3, 0.4) is 0 Å². The fraction of sp³-hybridized carbons (Fsp3) is 0.122. The van der Waals surface area contributed by atoms with Gasteiger partial charge in [0.15, 0.2) is 16.5 Å². The molecule has 0 aromatic heterocycles. The Bertz CT molecular complexity index is 1850. The molecule has 8 rings (SSSR count). The molecule has 230 valence electrons. The molecule has 1 saturated heterocycles. The number of nitrogens with zero attached hydrogens (tertiary/aromatic N) is 2. The summed E-state index contributed by atoms with van der Waals surface area (Å²) in [5.41, 5.74) is 1.24. The van der Waals surface area contributed by atoms with Crippen molar-refractivity contribution in [3.8, 4) is 0 Å². The summed E-state index contributed by atoms with van der Waals surface area (Å²) in [6.07, 6.45) is 0.693. The highest BCUT2D eigenvalue weighted by atomic mass is 28.4. The Hall–Kier alpha value is -4.89. The lowest BCUT2D eigenvalue weighted by molar-refractivity contribution is 0.0608. The summed E-state index contributed by atoms with van der Waals surface area (Å²) in [6, 6.07) is 58.3. The van der Waals surface area contributed by atoms with Gasteiger partial charge in [-0.3, -0.25) is 14.5 Å². The van der Waals surface area contributed by atoms with Gasteiger partial charge in [0.25, 0.3) is 11.8 Å². The van der Waals surface area contributed by atoms with Crippen LogP contribution in [0.5, 0.6) is 0 Å². The van der Waals surface area contributed by atoms with E-state index in [1.807, 2.05) is 36.4 Å². The van der Waals surface area contributed by atoms with Crippen LogP contribution in [0, 0.1) is 0 Å². The Morgan fingerprint density at radius 2 is 0.830 bits per heavy atom. The molecular weight excluding hydrogens is 609 g/mol. The third kappa shape index (κ3) is 4.67.